The summed E-state index contributed by atoms with van der Waals surface area (Å²) in [6.07, 6.45) is 8.22. The zero-order valence-electron chi connectivity index (χ0n) is 18.2. The van der Waals surface area contributed by atoms with Crippen molar-refractivity contribution in [2.45, 2.75) is 40.2 Å². The van der Waals surface area contributed by atoms with Crippen LogP contribution in [0.2, 0.25) is 0 Å². The third-order valence-electron chi connectivity index (χ3n) is 5.47. The minimum atomic E-state index is -1.36. The zero-order chi connectivity index (χ0) is 22.6. The van der Waals surface area contributed by atoms with Gasteiger partial charge in [-0.2, -0.15) is 0 Å². The summed E-state index contributed by atoms with van der Waals surface area (Å²) < 4.78 is 16.5. The Bertz CT molecular complexity index is 1040. The SMILES string of the molecule is C#COC(=O)C(OC(=O)C1(C=C(C)C)CC1(C)C)c1ccccc1Oc1ccccc1. The number of allylic oxidation sites excluding steroid dienone is 1. The minimum Gasteiger partial charge on any atom is -0.457 e. The number of esters is 2. The van der Waals surface area contributed by atoms with E-state index in [1.54, 1.807) is 36.4 Å². The second kappa shape index (κ2) is 8.69. The van der Waals surface area contributed by atoms with E-state index in [0.717, 1.165) is 5.57 Å². The average Bonchev–Trinajstić information content (AvgIpc) is 3.28. The lowest BCUT2D eigenvalue weighted by Gasteiger charge is -2.22. The van der Waals surface area contributed by atoms with Crippen LogP contribution < -0.4 is 4.74 Å². The van der Waals surface area contributed by atoms with Crippen LogP contribution in [0.1, 0.15) is 45.8 Å². The molecule has 0 saturated heterocycles. The van der Waals surface area contributed by atoms with Crippen molar-refractivity contribution in [1.82, 2.24) is 0 Å². The lowest BCUT2D eigenvalue weighted by molar-refractivity contribution is -0.168. The van der Waals surface area contributed by atoms with Gasteiger partial charge in [0, 0.05) is 5.56 Å². The molecule has 3 rings (SSSR count). The van der Waals surface area contributed by atoms with Gasteiger partial charge in [0.15, 0.2) is 0 Å². The molecule has 0 aromatic heterocycles. The van der Waals surface area contributed by atoms with Gasteiger partial charge in [0.1, 0.15) is 17.6 Å². The number of terminal acetylenes is 1. The van der Waals surface area contributed by atoms with Crippen molar-refractivity contribution >= 4 is 11.9 Å². The maximum Gasteiger partial charge on any atom is 0.366 e. The van der Waals surface area contributed by atoms with Crippen molar-refractivity contribution in [3.63, 3.8) is 0 Å². The number of hydrogen-bond donors (Lipinski definition) is 0. The first-order chi connectivity index (χ1) is 14.7. The normalized spacial score (nSPS) is 19.3. The summed E-state index contributed by atoms with van der Waals surface area (Å²) in [5.74, 6) is -0.403. The molecule has 0 N–H and O–H groups in total. The Morgan fingerprint density at radius 3 is 2.26 bits per heavy atom. The molecule has 0 amide bonds. The van der Waals surface area contributed by atoms with Crippen molar-refractivity contribution in [2.75, 3.05) is 0 Å². The molecule has 5 heteroatoms. The average molecular weight is 418 g/mol. The van der Waals surface area contributed by atoms with E-state index in [0.29, 0.717) is 23.5 Å². The van der Waals surface area contributed by atoms with Crippen molar-refractivity contribution in [2.24, 2.45) is 10.8 Å². The standard InChI is InChI=1S/C26H26O5/c1-6-29-23(27)22(31-24(28)26(16-18(2)3)17-25(26,4)5)20-14-10-11-15-21(20)30-19-12-8-7-9-13-19/h1,7-16,22H,17H2,2-5H3. The van der Waals surface area contributed by atoms with Gasteiger partial charge in [0.05, 0.1) is 5.41 Å². The molecule has 0 aliphatic heterocycles. The van der Waals surface area contributed by atoms with Gasteiger partial charge >= 0.3 is 11.9 Å². The number of benzene rings is 2. The van der Waals surface area contributed by atoms with E-state index in [-0.39, 0.29) is 5.41 Å². The highest BCUT2D eigenvalue weighted by Crippen LogP contribution is 2.65. The van der Waals surface area contributed by atoms with Gasteiger partial charge in [-0.15, -0.1) is 0 Å². The molecule has 160 valence electrons. The largest absolute Gasteiger partial charge is 0.457 e. The van der Waals surface area contributed by atoms with Gasteiger partial charge in [-0.3, -0.25) is 4.79 Å². The number of rotatable bonds is 7. The zero-order valence-corrected chi connectivity index (χ0v) is 18.2. The number of hydrogen-bond acceptors (Lipinski definition) is 5. The Hall–Kier alpha value is -3.52. The van der Waals surface area contributed by atoms with Gasteiger partial charge in [-0.05, 0) is 43.9 Å². The Balaban J connectivity index is 1.96. The molecular weight excluding hydrogens is 392 g/mol. The molecule has 1 fully saturated rings. The predicted octanol–water partition coefficient (Wildman–Crippen LogP) is 5.58. The van der Waals surface area contributed by atoms with E-state index < -0.39 is 23.5 Å². The fraction of sp³-hybridized carbons (Fsp3) is 0.308. The second-order valence-corrected chi connectivity index (χ2v) is 8.53. The smallest absolute Gasteiger partial charge is 0.366 e. The molecular formula is C26H26O5. The van der Waals surface area contributed by atoms with Gasteiger partial charge in [-0.1, -0.05) is 68.3 Å². The molecule has 2 aromatic rings. The van der Waals surface area contributed by atoms with E-state index in [9.17, 15) is 9.59 Å². The van der Waals surface area contributed by atoms with Crippen molar-refractivity contribution < 1.29 is 23.8 Å². The second-order valence-electron chi connectivity index (χ2n) is 8.53. The van der Waals surface area contributed by atoms with Crippen LogP contribution in [-0.4, -0.2) is 11.9 Å². The molecule has 1 aliphatic rings. The fourth-order valence-electron chi connectivity index (χ4n) is 3.77. The lowest BCUT2D eigenvalue weighted by atomic mass is 9.93. The van der Waals surface area contributed by atoms with Crippen LogP contribution in [0.3, 0.4) is 0 Å². The van der Waals surface area contributed by atoms with Gasteiger partial charge in [0.2, 0.25) is 6.10 Å². The van der Waals surface area contributed by atoms with Crippen LogP contribution in [0.15, 0.2) is 66.2 Å². The van der Waals surface area contributed by atoms with Crippen molar-refractivity contribution in [3.05, 3.63) is 71.8 Å². The molecule has 2 atom stereocenters. The van der Waals surface area contributed by atoms with E-state index in [1.165, 1.54) is 0 Å². The van der Waals surface area contributed by atoms with E-state index in [2.05, 4.69) is 0 Å². The van der Waals surface area contributed by atoms with Crippen LogP contribution in [0.5, 0.6) is 11.5 Å². The first-order valence-corrected chi connectivity index (χ1v) is 10.1. The van der Waals surface area contributed by atoms with Crippen molar-refractivity contribution in [1.29, 1.82) is 0 Å². The first-order valence-electron chi connectivity index (χ1n) is 10.1. The van der Waals surface area contributed by atoms with E-state index >= 15 is 0 Å². The lowest BCUT2D eigenvalue weighted by Crippen LogP contribution is -2.28. The summed E-state index contributed by atoms with van der Waals surface area (Å²) in [6, 6.07) is 15.9. The molecule has 0 radical (unpaired) electrons. The summed E-state index contributed by atoms with van der Waals surface area (Å²) in [7, 11) is 0. The third-order valence-corrected chi connectivity index (χ3v) is 5.47. The fourth-order valence-corrected chi connectivity index (χ4v) is 3.77. The number of carbonyl (C=O) groups is 2. The topological polar surface area (TPSA) is 61.8 Å². The van der Waals surface area contributed by atoms with Crippen LogP contribution in [0, 0.1) is 23.4 Å². The Labute approximate surface area is 183 Å². The van der Waals surface area contributed by atoms with Crippen LogP contribution in [-0.2, 0) is 19.1 Å². The van der Waals surface area contributed by atoms with E-state index in [1.807, 2.05) is 58.1 Å². The van der Waals surface area contributed by atoms with Crippen LogP contribution in [0.4, 0.5) is 0 Å². The van der Waals surface area contributed by atoms with E-state index in [4.69, 9.17) is 20.6 Å². The predicted molar refractivity (Wildman–Crippen MR) is 117 cm³/mol. The maximum absolute atomic E-state index is 13.3. The Morgan fingerprint density at radius 2 is 1.68 bits per heavy atom. The highest BCUT2D eigenvalue weighted by molar-refractivity contribution is 5.88. The molecule has 31 heavy (non-hydrogen) atoms. The molecule has 2 unspecified atom stereocenters. The summed E-state index contributed by atoms with van der Waals surface area (Å²) in [4.78, 5) is 26.0. The molecule has 5 nitrogen and oxygen atoms in total. The molecule has 0 heterocycles. The van der Waals surface area contributed by atoms with Gasteiger partial charge < -0.3 is 14.2 Å². The maximum atomic E-state index is 13.3. The van der Waals surface area contributed by atoms with Crippen molar-refractivity contribution in [3.8, 4) is 24.0 Å². The number of carbonyl (C=O) groups excluding carboxylic acids is 2. The highest BCUT2D eigenvalue weighted by atomic mass is 16.6. The summed E-state index contributed by atoms with van der Waals surface area (Å²) >= 11 is 0. The Morgan fingerprint density at radius 1 is 1.06 bits per heavy atom. The molecule has 1 aliphatic carbocycles. The Kier molecular flexibility index (Phi) is 6.21. The minimum absolute atomic E-state index is 0.276. The monoisotopic (exact) mass is 418 g/mol. The molecule has 0 bridgehead atoms. The molecule has 2 aromatic carbocycles. The summed E-state index contributed by atoms with van der Waals surface area (Å²) in [5, 5.41) is 0. The number of para-hydroxylation sites is 2. The van der Waals surface area contributed by atoms with Gasteiger partial charge in [0.25, 0.3) is 0 Å². The first kappa shape index (κ1) is 22.2. The van der Waals surface area contributed by atoms with Crippen LogP contribution >= 0.6 is 0 Å². The quantitative estimate of drug-likeness (QED) is 0.334. The molecule has 0 spiro atoms. The summed E-state index contributed by atoms with van der Waals surface area (Å²) in [6.45, 7) is 7.84. The van der Waals surface area contributed by atoms with Gasteiger partial charge in [-0.25, -0.2) is 4.79 Å². The summed E-state index contributed by atoms with van der Waals surface area (Å²) in [5.41, 5.74) is 0.279. The van der Waals surface area contributed by atoms with Crippen LogP contribution in [0.25, 0.3) is 0 Å². The molecule has 1 saturated carbocycles. The number of ether oxygens (including phenoxy) is 3. The highest BCUT2D eigenvalue weighted by Gasteiger charge is 2.66. The third kappa shape index (κ3) is 4.64.